The zero-order valence-corrected chi connectivity index (χ0v) is 38.4. The highest BCUT2D eigenvalue weighted by Crippen LogP contribution is 2.55. The van der Waals surface area contributed by atoms with Crippen molar-refractivity contribution in [3.8, 4) is 0 Å². The SMILES string of the molecule is C=CC(=C)/C=C\C(=C)C.C=CC(=C)/C=C\C(=C)C(F)(F)F.CCCCCCc1ccc(/C=C/C2=CS/C(=C3/SC=C(/C=C/c4ccc(CCCCCC)cc4)S3)S2)cc1. The maximum Gasteiger partial charge on any atom is 0.415 e. The van der Waals surface area contributed by atoms with Crippen LogP contribution in [0.15, 0.2) is 188 Å². The number of halogens is 3. The summed E-state index contributed by atoms with van der Waals surface area (Å²) in [5.41, 5.74) is 6.92. The highest BCUT2D eigenvalue weighted by molar-refractivity contribution is 8.33. The second-order valence-corrected chi connectivity index (χ2v) is 18.4. The van der Waals surface area contributed by atoms with E-state index in [1.54, 1.807) is 6.08 Å². The predicted octanol–water partition coefficient (Wildman–Crippen LogP) is 18.7. The molecule has 0 aromatic heterocycles. The van der Waals surface area contributed by atoms with E-state index in [0.29, 0.717) is 5.57 Å². The van der Waals surface area contributed by atoms with Gasteiger partial charge in [-0.05, 0) is 89.0 Å². The number of unbranched alkanes of at least 4 members (excludes halogenated alkanes) is 6. The molecule has 2 aromatic carbocycles. The number of rotatable bonds is 20. The monoisotopic (exact) mass is 870 g/mol. The molecule has 2 heterocycles. The van der Waals surface area contributed by atoms with Crippen LogP contribution in [0.25, 0.3) is 12.2 Å². The fourth-order valence-corrected chi connectivity index (χ4v) is 9.67. The Morgan fingerprint density at radius 2 is 0.966 bits per heavy atom. The van der Waals surface area contributed by atoms with E-state index in [1.807, 2.05) is 66.1 Å². The van der Waals surface area contributed by atoms with Crippen molar-refractivity contribution in [1.82, 2.24) is 0 Å². The van der Waals surface area contributed by atoms with Gasteiger partial charge < -0.3 is 0 Å². The molecule has 0 nitrogen and oxygen atoms in total. The van der Waals surface area contributed by atoms with E-state index in [1.165, 1.54) is 117 Å². The van der Waals surface area contributed by atoms with Crippen molar-refractivity contribution in [2.45, 2.75) is 91.2 Å². The Morgan fingerprint density at radius 3 is 1.32 bits per heavy atom. The van der Waals surface area contributed by atoms with Crippen LogP contribution in [-0.2, 0) is 12.8 Å². The van der Waals surface area contributed by atoms with Gasteiger partial charge in [0.1, 0.15) is 0 Å². The molecule has 0 atom stereocenters. The molecule has 0 radical (unpaired) electrons. The molecule has 314 valence electrons. The molecule has 0 bridgehead atoms. The third kappa shape index (κ3) is 23.0. The van der Waals surface area contributed by atoms with Crippen molar-refractivity contribution < 1.29 is 13.2 Å². The van der Waals surface area contributed by atoms with Gasteiger partial charge in [0, 0.05) is 15.4 Å². The molecule has 0 N–H and O–H groups in total. The maximum absolute atomic E-state index is 11.8. The Balaban J connectivity index is 0.000000469. The van der Waals surface area contributed by atoms with E-state index in [0.717, 1.165) is 17.2 Å². The minimum atomic E-state index is -4.36. The first kappa shape index (κ1) is 51.4. The van der Waals surface area contributed by atoms with Crippen LogP contribution in [0.2, 0.25) is 0 Å². The Labute approximate surface area is 371 Å². The Morgan fingerprint density at radius 1 is 0.559 bits per heavy atom. The molecule has 0 saturated carbocycles. The largest absolute Gasteiger partial charge is 0.415 e. The van der Waals surface area contributed by atoms with Crippen LogP contribution in [-0.4, -0.2) is 6.18 Å². The number of allylic oxidation sites excluding steroid dienone is 12. The molecule has 2 aromatic rings. The van der Waals surface area contributed by atoms with Gasteiger partial charge in [0.15, 0.2) is 0 Å². The Kier molecular flexibility index (Phi) is 25.7. The van der Waals surface area contributed by atoms with E-state index in [4.69, 9.17) is 0 Å². The van der Waals surface area contributed by atoms with Crippen LogP contribution < -0.4 is 0 Å². The lowest BCUT2D eigenvalue weighted by molar-refractivity contribution is -0.0878. The van der Waals surface area contributed by atoms with Crippen molar-refractivity contribution in [3.05, 3.63) is 210 Å². The molecule has 0 unspecified atom stereocenters. The highest BCUT2D eigenvalue weighted by atomic mass is 32.2. The first-order valence-electron chi connectivity index (χ1n) is 20.1. The molecule has 2 aliphatic heterocycles. The number of alkyl halides is 3. The van der Waals surface area contributed by atoms with Gasteiger partial charge in [-0.3, -0.25) is 0 Å². The summed E-state index contributed by atoms with van der Waals surface area (Å²) in [7, 11) is 0. The summed E-state index contributed by atoms with van der Waals surface area (Å²) in [6.07, 6.45) is 26.6. The Hall–Kier alpha value is -3.75. The first-order chi connectivity index (χ1) is 28.3. The van der Waals surface area contributed by atoms with Gasteiger partial charge in [0.05, 0.1) is 8.47 Å². The fourth-order valence-electron chi connectivity index (χ4n) is 5.01. The van der Waals surface area contributed by atoms with Crippen LogP contribution in [0.5, 0.6) is 0 Å². The van der Waals surface area contributed by atoms with Crippen LogP contribution in [0.3, 0.4) is 0 Å². The average molecular weight is 871 g/mol. The third-order valence-corrected chi connectivity index (χ3v) is 13.8. The van der Waals surface area contributed by atoms with Crippen molar-refractivity contribution >= 4 is 59.2 Å². The fraction of sp³-hybridized carbons (Fsp3) is 0.269. The van der Waals surface area contributed by atoms with Gasteiger partial charge in [-0.2, -0.15) is 13.2 Å². The second-order valence-electron chi connectivity index (χ2n) is 13.9. The van der Waals surface area contributed by atoms with Gasteiger partial charge in [0.2, 0.25) is 0 Å². The summed E-state index contributed by atoms with van der Waals surface area (Å²) >= 11 is 7.49. The van der Waals surface area contributed by atoms with Crippen molar-refractivity contribution in [3.63, 3.8) is 0 Å². The lowest BCUT2D eigenvalue weighted by Gasteiger charge is -2.04. The van der Waals surface area contributed by atoms with Crippen molar-refractivity contribution in [2.75, 3.05) is 0 Å². The van der Waals surface area contributed by atoms with Crippen LogP contribution in [0, 0.1) is 0 Å². The molecule has 59 heavy (non-hydrogen) atoms. The lowest BCUT2D eigenvalue weighted by atomic mass is 10.0. The number of benzene rings is 2. The van der Waals surface area contributed by atoms with Crippen molar-refractivity contribution in [1.29, 1.82) is 0 Å². The van der Waals surface area contributed by atoms with E-state index in [9.17, 15) is 13.2 Å². The molecule has 4 rings (SSSR count). The maximum atomic E-state index is 11.8. The predicted molar refractivity (Wildman–Crippen MR) is 267 cm³/mol. The summed E-state index contributed by atoms with van der Waals surface area (Å²) in [6.45, 7) is 27.0. The van der Waals surface area contributed by atoms with Gasteiger partial charge in [-0.1, -0.05) is 242 Å². The summed E-state index contributed by atoms with van der Waals surface area (Å²) < 4.78 is 38.2. The Bertz CT molecular complexity index is 1820. The number of hydrogen-bond donors (Lipinski definition) is 0. The van der Waals surface area contributed by atoms with Gasteiger partial charge in [-0.15, -0.1) is 0 Å². The van der Waals surface area contributed by atoms with E-state index < -0.39 is 11.7 Å². The quantitative estimate of drug-likeness (QED) is 0.0960. The molecule has 0 fully saturated rings. The van der Waals surface area contributed by atoms with Gasteiger partial charge >= 0.3 is 6.18 Å². The number of hydrogen-bond acceptors (Lipinski definition) is 4. The molecule has 7 heteroatoms. The van der Waals surface area contributed by atoms with Crippen molar-refractivity contribution in [2.24, 2.45) is 0 Å². The van der Waals surface area contributed by atoms with Crippen LogP contribution in [0.4, 0.5) is 13.2 Å². The smallest absolute Gasteiger partial charge is 0.166 e. The summed E-state index contributed by atoms with van der Waals surface area (Å²) in [5.74, 6) is 0. The topological polar surface area (TPSA) is 0 Å². The standard InChI is InChI=1S/C34H40S4.C9H9F3.C9H12/c1-3-5-7-9-11-27-13-17-29(18-14-27)21-23-31-25-35-33(37-31)34-36-26-32(38-34)24-22-30-19-15-28(16-20-30)12-10-8-6-4-2;1-4-7(2)5-6-8(3)9(10,11)12;1-5-9(4)7-6-8(2)3/h13-26H,3-12H2,1-2H3;4-6H,1-3H2;5-7H,1-2,4H2,3H3/b23-21+,24-22+,34-33+;6-5-;7-6-. The molecule has 0 aliphatic carbocycles. The number of thioether (sulfide) groups is 4. The third-order valence-electron chi connectivity index (χ3n) is 8.60. The number of aryl methyl sites for hydroxylation is 2. The molecule has 2 aliphatic rings. The van der Waals surface area contributed by atoms with Crippen LogP contribution >= 0.6 is 47.0 Å². The lowest BCUT2D eigenvalue weighted by Crippen LogP contribution is -2.08. The molecule has 0 saturated heterocycles. The van der Waals surface area contributed by atoms with Gasteiger partial charge in [0.25, 0.3) is 0 Å². The average Bonchev–Trinajstić information content (AvgIpc) is 3.92. The minimum absolute atomic E-state index is 0.417. The highest BCUT2D eigenvalue weighted by Gasteiger charge is 2.29. The van der Waals surface area contributed by atoms with E-state index >= 15 is 0 Å². The first-order valence-corrected chi connectivity index (χ1v) is 23.4. The summed E-state index contributed by atoms with van der Waals surface area (Å²) in [4.78, 5) is 2.64. The normalized spacial score (nSPS) is 15.2. The molecule has 0 amide bonds. The summed E-state index contributed by atoms with van der Waals surface area (Å²) in [5, 5.41) is 4.56. The second kappa shape index (κ2) is 29.5. The molecular formula is C52H61F3S4. The van der Waals surface area contributed by atoms with Crippen LogP contribution in [0.1, 0.15) is 94.4 Å². The zero-order valence-electron chi connectivity index (χ0n) is 35.1. The molecule has 0 spiro atoms. The van der Waals surface area contributed by atoms with E-state index in [-0.39, 0.29) is 0 Å². The van der Waals surface area contributed by atoms with Gasteiger partial charge in [-0.25, -0.2) is 0 Å². The zero-order chi connectivity index (χ0) is 43.5. The minimum Gasteiger partial charge on any atom is -0.166 e. The molecular weight excluding hydrogens is 810 g/mol. The summed E-state index contributed by atoms with van der Waals surface area (Å²) in [6, 6.07) is 18.2. The van der Waals surface area contributed by atoms with E-state index in [2.05, 4.69) is 137 Å².